The third kappa shape index (κ3) is 7.97. The number of hydrogen-bond donors (Lipinski definition) is 0. The number of nitrogens with zero attached hydrogens (tertiary/aromatic N) is 4. The smallest absolute Gasteiger partial charge is 0.0542 e. The van der Waals surface area contributed by atoms with Crippen molar-refractivity contribution in [2.45, 2.75) is 0 Å². The summed E-state index contributed by atoms with van der Waals surface area (Å²) >= 11 is 0. The molecule has 0 saturated heterocycles. The normalized spacial score (nSPS) is 11.4. The quantitative estimate of drug-likeness (QED) is 0.128. The lowest BCUT2D eigenvalue weighted by atomic mass is 9.98. The van der Waals surface area contributed by atoms with Gasteiger partial charge in [-0.25, -0.2) is 0 Å². The summed E-state index contributed by atoms with van der Waals surface area (Å²) in [6.07, 6.45) is 0. The molecule has 14 aromatic rings. The maximum atomic E-state index is 2.39. The molecule has 0 unspecified atom stereocenters. The van der Waals surface area contributed by atoms with Crippen molar-refractivity contribution in [3.8, 4) is 44.8 Å². The Labute approximate surface area is 442 Å². The van der Waals surface area contributed by atoms with Gasteiger partial charge in [0.05, 0.1) is 22.1 Å². The number of para-hydroxylation sites is 6. The molecule has 0 spiro atoms. The minimum atomic E-state index is 1.12. The van der Waals surface area contributed by atoms with Crippen LogP contribution in [0.2, 0.25) is 0 Å². The molecule has 358 valence electrons. The molecular weight excluding hydrogens is 921 g/mol. The van der Waals surface area contributed by atoms with Crippen LogP contribution in [0.3, 0.4) is 0 Å². The van der Waals surface area contributed by atoms with Crippen molar-refractivity contribution >= 4 is 77.7 Å². The van der Waals surface area contributed by atoms with Crippen molar-refractivity contribution in [3.63, 3.8) is 0 Å². The molecule has 2 aromatic heterocycles. The maximum absolute atomic E-state index is 2.39. The number of benzene rings is 12. The summed E-state index contributed by atoms with van der Waals surface area (Å²) in [5, 5.41) is 4.90. The van der Waals surface area contributed by atoms with Gasteiger partial charge in [-0.15, -0.1) is 0 Å². The van der Waals surface area contributed by atoms with Crippen LogP contribution < -0.4 is 9.80 Å². The molecule has 0 amide bonds. The number of rotatable bonds is 11. The Hall–Kier alpha value is -10.2. The third-order valence-corrected chi connectivity index (χ3v) is 14.9. The first kappa shape index (κ1) is 44.5. The predicted octanol–water partition coefficient (Wildman–Crippen LogP) is 19.8. The van der Waals surface area contributed by atoms with Crippen LogP contribution in [0.1, 0.15) is 0 Å². The van der Waals surface area contributed by atoms with Crippen LogP contribution in [0.4, 0.5) is 34.1 Å². The lowest BCUT2D eigenvalue weighted by Crippen LogP contribution is -2.09. The fraction of sp³-hybridized carbons (Fsp3) is 0. The molecule has 0 saturated carbocycles. The summed E-state index contributed by atoms with van der Waals surface area (Å²) in [6.45, 7) is 0. The SMILES string of the molecule is c1ccc(N(c2ccccc2)c2ccc3c(c2)c2ccccc2n3-c2ccc(-c3ccc(-c4ccc(-c5ccc(-n6c7ccccc7c7cc(N(c8ccccc8)c8ccccc8)ccc76)cc5)cc4)cc3)cc2)cc1. The molecule has 0 N–H and O–H groups in total. The van der Waals surface area contributed by atoms with Crippen molar-refractivity contribution in [1.82, 2.24) is 9.13 Å². The van der Waals surface area contributed by atoms with Crippen LogP contribution in [0, 0.1) is 0 Å². The molecule has 0 bridgehead atoms. The lowest BCUT2D eigenvalue weighted by molar-refractivity contribution is 1.18. The Morgan fingerprint density at radius 1 is 0.184 bits per heavy atom. The largest absolute Gasteiger partial charge is 0.310 e. The van der Waals surface area contributed by atoms with Gasteiger partial charge in [-0.1, -0.05) is 182 Å². The minimum Gasteiger partial charge on any atom is -0.310 e. The van der Waals surface area contributed by atoms with E-state index in [1.807, 2.05) is 0 Å². The van der Waals surface area contributed by atoms with Gasteiger partial charge in [-0.2, -0.15) is 0 Å². The maximum Gasteiger partial charge on any atom is 0.0542 e. The number of anilines is 6. The van der Waals surface area contributed by atoms with E-state index in [0.717, 1.165) is 45.5 Å². The summed E-state index contributed by atoms with van der Waals surface area (Å²) in [7, 11) is 0. The van der Waals surface area contributed by atoms with Gasteiger partial charge in [0.25, 0.3) is 0 Å². The van der Waals surface area contributed by atoms with Crippen LogP contribution in [0.25, 0.3) is 88.4 Å². The van der Waals surface area contributed by atoms with E-state index in [2.05, 4.69) is 322 Å². The number of hydrogen-bond acceptors (Lipinski definition) is 2. The monoisotopic (exact) mass is 970 g/mol. The highest BCUT2D eigenvalue weighted by molar-refractivity contribution is 6.12. The second-order valence-corrected chi connectivity index (χ2v) is 19.4. The van der Waals surface area contributed by atoms with E-state index < -0.39 is 0 Å². The number of aromatic nitrogens is 2. The molecule has 4 nitrogen and oxygen atoms in total. The van der Waals surface area contributed by atoms with Crippen molar-refractivity contribution in [2.24, 2.45) is 0 Å². The van der Waals surface area contributed by atoms with Crippen molar-refractivity contribution in [2.75, 3.05) is 9.80 Å². The molecule has 0 aliphatic rings. The van der Waals surface area contributed by atoms with E-state index in [9.17, 15) is 0 Å². The van der Waals surface area contributed by atoms with Crippen molar-refractivity contribution in [1.29, 1.82) is 0 Å². The summed E-state index contributed by atoms with van der Waals surface area (Å²) < 4.78 is 4.78. The highest BCUT2D eigenvalue weighted by Crippen LogP contribution is 2.42. The van der Waals surface area contributed by atoms with E-state index in [4.69, 9.17) is 0 Å². The molecule has 14 rings (SSSR count). The van der Waals surface area contributed by atoms with Gasteiger partial charge in [0.1, 0.15) is 0 Å². The molecule has 0 aliphatic carbocycles. The highest BCUT2D eigenvalue weighted by atomic mass is 15.1. The summed E-state index contributed by atoms with van der Waals surface area (Å²) in [5.74, 6) is 0. The first-order valence-electron chi connectivity index (χ1n) is 26.0. The second-order valence-electron chi connectivity index (χ2n) is 19.4. The van der Waals surface area contributed by atoms with Gasteiger partial charge in [0, 0.05) is 67.0 Å². The highest BCUT2D eigenvalue weighted by Gasteiger charge is 2.19. The van der Waals surface area contributed by atoms with Crippen LogP contribution in [-0.2, 0) is 0 Å². The van der Waals surface area contributed by atoms with E-state index in [-0.39, 0.29) is 0 Å². The summed E-state index contributed by atoms with van der Waals surface area (Å²) in [5.41, 5.74) is 20.8. The summed E-state index contributed by atoms with van der Waals surface area (Å²) in [6, 6.07) is 109. The zero-order chi connectivity index (χ0) is 50.4. The first-order chi connectivity index (χ1) is 37.7. The van der Waals surface area contributed by atoms with E-state index >= 15 is 0 Å². The Morgan fingerprint density at radius 3 is 0.737 bits per heavy atom. The fourth-order valence-corrected chi connectivity index (χ4v) is 11.3. The van der Waals surface area contributed by atoms with Gasteiger partial charge in [-0.3, -0.25) is 0 Å². The second kappa shape index (κ2) is 19.0. The minimum absolute atomic E-state index is 1.12. The average molecular weight is 971 g/mol. The van der Waals surface area contributed by atoms with Gasteiger partial charge < -0.3 is 18.9 Å². The molecule has 0 fully saturated rings. The zero-order valence-corrected chi connectivity index (χ0v) is 41.7. The van der Waals surface area contributed by atoms with E-state index in [0.29, 0.717) is 0 Å². The van der Waals surface area contributed by atoms with Crippen LogP contribution in [0.15, 0.2) is 303 Å². The van der Waals surface area contributed by atoms with E-state index in [1.54, 1.807) is 0 Å². The molecular formula is C72H50N4. The Balaban J connectivity index is 0.708. The van der Waals surface area contributed by atoms with Crippen LogP contribution >= 0.6 is 0 Å². The van der Waals surface area contributed by atoms with Gasteiger partial charge in [0.15, 0.2) is 0 Å². The predicted molar refractivity (Wildman–Crippen MR) is 321 cm³/mol. The van der Waals surface area contributed by atoms with E-state index in [1.165, 1.54) is 77.0 Å². The third-order valence-electron chi connectivity index (χ3n) is 14.9. The molecule has 2 heterocycles. The molecule has 0 aliphatic heterocycles. The molecule has 0 atom stereocenters. The van der Waals surface area contributed by atoms with Gasteiger partial charge in [-0.05, 0) is 155 Å². The lowest BCUT2D eigenvalue weighted by Gasteiger charge is -2.25. The first-order valence-corrected chi connectivity index (χ1v) is 26.0. The Kier molecular flexibility index (Phi) is 11.2. The standard InChI is InChI=1S/C72H50N4/c1-5-17-57(18-6-1)73(58-19-7-2-8-20-58)63-45-47-71-67(49-63)65-25-13-15-27-69(65)75(71)61-41-37-55(38-42-61)53-33-29-51(30-34-53)52-31-35-54(36-32-52)56-39-43-62(44-40-56)76-70-28-16-14-26-66(70)68-50-64(46-48-72(68)76)74(59-21-9-3-10-22-59)60-23-11-4-12-24-60/h1-50H. The van der Waals surface area contributed by atoms with Crippen LogP contribution in [0.5, 0.6) is 0 Å². The molecule has 4 heteroatoms. The van der Waals surface area contributed by atoms with Crippen LogP contribution in [-0.4, -0.2) is 9.13 Å². The van der Waals surface area contributed by atoms with Gasteiger partial charge in [0.2, 0.25) is 0 Å². The average Bonchev–Trinajstić information content (AvgIpc) is 4.08. The van der Waals surface area contributed by atoms with Crippen molar-refractivity contribution in [3.05, 3.63) is 303 Å². The molecule has 0 radical (unpaired) electrons. The Morgan fingerprint density at radius 2 is 0.434 bits per heavy atom. The Bertz CT molecular complexity index is 3970. The zero-order valence-electron chi connectivity index (χ0n) is 41.7. The number of fused-ring (bicyclic) bond motifs is 6. The summed E-state index contributed by atoms with van der Waals surface area (Å²) in [4.78, 5) is 4.66. The van der Waals surface area contributed by atoms with Gasteiger partial charge >= 0.3 is 0 Å². The molecule has 76 heavy (non-hydrogen) atoms. The fourth-order valence-electron chi connectivity index (χ4n) is 11.3. The molecule has 12 aromatic carbocycles. The van der Waals surface area contributed by atoms with Crippen molar-refractivity contribution < 1.29 is 0 Å². The topological polar surface area (TPSA) is 16.3 Å².